The van der Waals surface area contributed by atoms with Crippen molar-refractivity contribution in [1.29, 1.82) is 0 Å². The van der Waals surface area contributed by atoms with E-state index < -0.39 is 0 Å². The Labute approximate surface area is 82.4 Å². The van der Waals surface area contributed by atoms with Crippen LogP contribution in [0.5, 0.6) is 0 Å². The van der Waals surface area contributed by atoms with Crippen molar-refractivity contribution in [2.24, 2.45) is 5.41 Å². The van der Waals surface area contributed by atoms with E-state index in [1.54, 1.807) is 0 Å². The monoisotopic (exact) mass is 233 g/mol. The molecule has 0 aromatic carbocycles. The second-order valence-electron chi connectivity index (χ2n) is 4.22. The molecule has 1 heterocycles. The first-order valence-electron chi connectivity index (χ1n) is 4.39. The van der Waals surface area contributed by atoms with Crippen LogP contribution in [0, 0.1) is 5.41 Å². The Kier molecular flexibility index (Phi) is 3.16. The van der Waals surface area contributed by atoms with Crippen molar-refractivity contribution >= 4 is 21.8 Å². The molecule has 12 heavy (non-hydrogen) atoms. The van der Waals surface area contributed by atoms with Gasteiger partial charge in [0.1, 0.15) is 0 Å². The van der Waals surface area contributed by atoms with Gasteiger partial charge in [-0.15, -0.1) is 0 Å². The molecule has 1 fully saturated rings. The highest BCUT2D eigenvalue weighted by atomic mass is 79.9. The molecule has 1 aliphatic heterocycles. The molecule has 1 aliphatic rings. The largest absolute Gasteiger partial charge is 0.342 e. The summed E-state index contributed by atoms with van der Waals surface area (Å²) < 4.78 is 0. The van der Waals surface area contributed by atoms with Crippen molar-refractivity contribution < 1.29 is 4.79 Å². The number of hydrogen-bond acceptors (Lipinski definition) is 1. The fourth-order valence-corrected chi connectivity index (χ4v) is 1.61. The predicted octanol–water partition coefficient (Wildman–Crippen LogP) is 2.03. The van der Waals surface area contributed by atoms with Gasteiger partial charge in [0.2, 0.25) is 5.91 Å². The van der Waals surface area contributed by atoms with Crippen molar-refractivity contribution in [3.63, 3.8) is 0 Å². The third-order valence-corrected chi connectivity index (χ3v) is 3.67. The fraction of sp³-hybridized carbons (Fsp3) is 0.889. The van der Waals surface area contributed by atoms with Crippen LogP contribution in [-0.4, -0.2) is 29.2 Å². The lowest BCUT2D eigenvalue weighted by molar-refractivity contribution is -0.128. The van der Waals surface area contributed by atoms with E-state index in [2.05, 4.69) is 29.8 Å². The number of hydrogen-bond donors (Lipinski definition) is 0. The van der Waals surface area contributed by atoms with E-state index >= 15 is 0 Å². The third-order valence-electron chi connectivity index (χ3n) is 2.15. The topological polar surface area (TPSA) is 20.3 Å². The highest BCUT2D eigenvalue weighted by molar-refractivity contribution is 9.09. The maximum absolute atomic E-state index is 11.3. The summed E-state index contributed by atoms with van der Waals surface area (Å²) in [5.41, 5.74) is 0.208. The van der Waals surface area contributed by atoms with E-state index in [1.165, 1.54) is 0 Å². The zero-order chi connectivity index (χ0) is 9.19. The van der Waals surface area contributed by atoms with Crippen molar-refractivity contribution in [1.82, 2.24) is 4.90 Å². The number of nitrogens with zero attached hydrogens (tertiary/aromatic N) is 1. The van der Waals surface area contributed by atoms with Crippen LogP contribution in [-0.2, 0) is 4.79 Å². The summed E-state index contributed by atoms with van der Waals surface area (Å²) in [7, 11) is 0. The van der Waals surface area contributed by atoms with Crippen LogP contribution < -0.4 is 0 Å². The van der Waals surface area contributed by atoms with Crippen molar-refractivity contribution in [3.05, 3.63) is 0 Å². The van der Waals surface area contributed by atoms with E-state index in [4.69, 9.17) is 0 Å². The maximum atomic E-state index is 11.3. The molecule has 70 valence electrons. The Morgan fingerprint density at radius 2 is 2.25 bits per heavy atom. The van der Waals surface area contributed by atoms with Crippen LogP contribution in [0.15, 0.2) is 0 Å². The molecule has 1 amide bonds. The number of likely N-dealkylation sites (tertiary alicyclic amines) is 1. The smallest absolute Gasteiger partial charge is 0.222 e. The Morgan fingerprint density at radius 1 is 1.58 bits per heavy atom. The van der Waals surface area contributed by atoms with Crippen LogP contribution in [0.25, 0.3) is 0 Å². The highest BCUT2D eigenvalue weighted by Crippen LogP contribution is 2.22. The maximum Gasteiger partial charge on any atom is 0.222 e. The second-order valence-corrected chi connectivity index (χ2v) is 4.78. The molecule has 1 saturated heterocycles. The van der Waals surface area contributed by atoms with Gasteiger partial charge in [0.05, 0.1) is 0 Å². The molecule has 0 aromatic rings. The quantitative estimate of drug-likeness (QED) is 0.684. The van der Waals surface area contributed by atoms with Gasteiger partial charge in [-0.1, -0.05) is 29.8 Å². The summed E-state index contributed by atoms with van der Waals surface area (Å²) >= 11 is 3.46. The van der Waals surface area contributed by atoms with Gasteiger partial charge in [0, 0.05) is 24.8 Å². The Balaban J connectivity index is 2.45. The SMILES string of the molecule is CC(C)(CBr)CN1CCCC1=O. The van der Waals surface area contributed by atoms with Crippen molar-refractivity contribution in [3.8, 4) is 0 Å². The number of amides is 1. The molecular formula is C9H16BrNO. The molecule has 0 N–H and O–H groups in total. The summed E-state index contributed by atoms with van der Waals surface area (Å²) in [6, 6.07) is 0. The molecule has 1 rings (SSSR count). The number of halogens is 1. The van der Waals surface area contributed by atoms with Crippen LogP contribution in [0.1, 0.15) is 26.7 Å². The van der Waals surface area contributed by atoms with Gasteiger partial charge < -0.3 is 4.90 Å². The van der Waals surface area contributed by atoms with E-state index in [9.17, 15) is 4.79 Å². The summed E-state index contributed by atoms with van der Waals surface area (Å²) in [5.74, 6) is 0.323. The van der Waals surface area contributed by atoms with Crippen LogP contribution in [0.4, 0.5) is 0 Å². The first kappa shape index (κ1) is 10.0. The number of carbonyl (C=O) groups is 1. The van der Waals surface area contributed by atoms with E-state index in [-0.39, 0.29) is 5.41 Å². The van der Waals surface area contributed by atoms with Gasteiger partial charge >= 0.3 is 0 Å². The Morgan fingerprint density at radius 3 is 2.67 bits per heavy atom. The molecule has 0 unspecified atom stereocenters. The number of carbonyl (C=O) groups excluding carboxylic acids is 1. The van der Waals surface area contributed by atoms with E-state index in [1.807, 2.05) is 4.90 Å². The lowest BCUT2D eigenvalue weighted by Crippen LogP contribution is -2.35. The number of rotatable bonds is 3. The minimum absolute atomic E-state index is 0.208. The first-order valence-corrected chi connectivity index (χ1v) is 5.51. The van der Waals surface area contributed by atoms with Gasteiger partial charge in [-0.25, -0.2) is 0 Å². The van der Waals surface area contributed by atoms with Gasteiger partial charge in [-0.2, -0.15) is 0 Å². The van der Waals surface area contributed by atoms with E-state index in [0.717, 1.165) is 31.3 Å². The number of alkyl halides is 1. The van der Waals surface area contributed by atoms with Crippen LogP contribution in [0.3, 0.4) is 0 Å². The molecule has 0 aliphatic carbocycles. The molecule has 2 nitrogen and oxygen atoms in total. The Bertz CT molecular complexity index is 179. The summed E-state index contributed by atoms with van der Waals surface area (Å²) in [6.45, 7) is 6.19. The Hall–Kier alpha value is -0.0500. The van der Waals surface area contributed by atoms with E-state index in [0.29, 0.717) is 5.91 Å². The fourth-order valence-electron chi connectivity index (χ4n) is 1.43. The van der Waals surface area contributed by atoms with Gasteiger partial charge in [0.25, 0.3) is 0 Å². The molecule has 0 spiro atoms. The average molecular weight is 234 g/mol. The first-order chi connectivity index (χ1) is 5.55. The molecule has 0 atom stereocenters. The molecule has 0 saturated carbocycles. The summed E-state index contributed by atoms with van der Waals surface area (Å²) in [5, 5.41) is 0.948. The van der Waals surface area contributed by atoms with Gasteiger partial charge in [-0.3, -0.25) is 4.79 Å². The summed E-state index contributed by atoms with van der Waals surface area (Å²) in [6.07, 6.45) is 1.79. The van der Waals surface area contributed by atoms with Crippen molar-refractivity contribution in [2.45, 2.75) is 26.7 Å². The zero-order valence-electron chi connectivity index (χ0n) is 7.77. The second kappa shape index (κ2) is 3.77. The lowest BCUT2D eigenvalue weighted by Gasteiger charge is -2.28. The van der Waals surface area contributed by atoms with Crippen molar-refractivity contribution in [2.75, 3.05) is 18.4 Å². The molecular weight excluding hydrogens is 218 g/mol. The minimum atomic E-state index is 0.208. The zero-order valence-corrected chi connectivity index (χ0v) is 9.35. The van der Waals surface area contributed by atoms with Gasteiger partial charge in [0.15, 0.2) is 0 Å². The predicted molar refractivity (Wildman–Crippen MR) is 53.4 cm³/mol. The summed E-state index contributed by atoms with van der Waals surface area (Å²) in [4.78, 5) is 13.3. The molecule has 0 bridgehead atoms. The normalized spacial score (nSPS) is 18.9. The van der Waals surface area contributed by atoms with Crippen LogP contribution >= 0.6 is 15.9 Å². The molecule has 3 heteroatoms. The average Bonchev–Trinajstić information content (AvgIpc) is 2.36. The lowest BCUT2D eigenvalue weighted by atomic mass is 9.96. The standard InChI is InChI=1S/C9H16BrNO/c1-9(2,6-10)7-11-5-3-4-8(11)12/h3-7H2,1-2H3. The molecule has 0 radical (unpaired) electrons. The minimum Gasteiger partial charge on any atom is -0.342 e. The van der Waals surface area contributed by atoms with Crippen LogP contribution in [0.2, 0.25) is 0 Å². The van der Waals surface area contributed by atoms with Gasteiger partial charge in [-0.05, 0) is 11.8 Å². The highest BCUT2D eigenvalue weighted by Gasteiger charge is 2.26. The third kappa shape index (κ3) is 2.47. The molecule has 0 aromatic heterocycles.